The van der Waals surface area contributed by atoms with Gasteiger partial charge in [0.2, 0.25) is 0 Å². The van der Waals surface area contributed by atoms with E-state index in [1.165, 1.54) is 6.07 Å². The molecule has 0 aliphatic rings. The maximum atomic E-state index is 12.9. The molecule has 0 bridgehead atoms. The molecule has 0 amide bonds. The van der Waals surface area contributed by atoms with Gasteiger partial charge in [-0.05, 0) is 12.1 Å². The van der Waals surface area contributed by atoms with Gasteiger partial charge in [0.1, 0.15) is 11.6 Å². The highest BCUT2D eigenvalue weighted by Crippen LogP contribution is 2.17. The van der Waals surface area contributed by atoms with Crippen LogP contribution in [0.1, 0.15) is 11.6 Å². The normalized spacial score (nSPS) is 12.0. The van der Waals surface area contributed by atoms with E-state index in [2.05, 4.69) is 0 Å². The van der Waals surface area contributed by atoms with Crippen molar-refractivity contribution in [2.75, 3.05) is 6.54 Å². The highest BCUT2D eigenvalue weighted by Gasteiger charge is 2.14. The predicted molar refractivity (Wildman–Crippen MR) is 49.6 cm³/mol. The van der Waals surface area contributed by atoms with Crippen molar-refractivity contribution in [3.63, 3.8) is 0 Å². The third-order valence-electron chi connectivity index (χ3n) is 1.62. The van der Waals surface area contributed by atoms with Crippen molar-refractivity contribution in [3.05, 3.63) is 35.4 Å². The van der Waals surface area contributed by atoms with Gasteiger partial charge in [-0.1, -0.05) is 6.07 Å². The molecule has 0 radical (unpaired) electrons. The first kappa shape index (κ1) is 12.3. The summed E-state index contributed by atoms with van der Waals surface area (Å²) in [6.07, 6.45) is 0. The molecule has 2 nitrogen and oxygen atoms in total. The van der Waals surface area contributed by atoms with E-state index in [4.69, 9.17) is 11.5 Å². The first-order valence-electron chi connectivity index (χ1n) is 3.56. The monoisotopic (exact) mass is 208 g/mol. The largest absolute Gasteiger partial charge is 0.329 e. The second kappa shape index (κ2) is 5.11. The highest BCUT2D eigenvalue weighted by atomic mass is 35.5. The van der Waals surface area contributed by atoms with E-state index in [1.807, 2.05) is 0 Å². The van der Waals surface area contributed by atoms with E-state index < -0.39 is 17.7 Å². The van der Waals surface area contributed by atoms with E-state index >= 15 is 0 Å². The van der Waals surface area contributed by atoms with Crippen molar-refractivity contribution < 1.29 is 8.78 Å². The number of nitrogens with two attached hydrogens (primary N) is 2. The molecule has 0 aromatic heterocycles. The molecule has 13 heavy (non-hydrogen) atoms. The molecular weight excluding hydrogens is 198 g/mol. The predicted octanol–water partition coefficient (Wildman–Crippen LogP) is 1.35. The van der Waals surface area contributed by atoms with Crippen LogP contribution in [0, 0.1) is 11.6 Å². The summed E-state index contributed by atoms with van der Waals surface area (Å²) in [4.78, 5) is 0. The Hall–Kier alpha value is -0.710. The molecule has 74 valence electrons. The van der Waals surface area contributed by atoms with Crippen molar-refractivity contribution in [1.29, 1.82) is 0 Å². The quantitative estimate of drug-likeness (QED) is 0.771. The topological polar surface area (TPSA) is 52.0 Å². The van der Waals surface area contributed by atoms with E-state index in [9.17, 15) is 8.78 Å². The number of halogens is 3. The first-order valence-corrected chi connectivity index (χ1v) is 3.56. The van der Waals surface area contributed by atoms with Gasteiger partial charge < -0.3 is 11.5 Å². The molecule has 0 aliphatic heterocycles. The minimum atomic E-state index is -0.772. The summed E-state index contributed by atoms with van der Waals surface area (Å²) in [6, 6.07) is 2.84. The molecule has 1 aromatic rings. The number of hydrogen-bond acceptors (Lipinski definition) is 2. The van der Waals surface area contributed by atoms with E-state index in [0.29, 0.717) is 0 Å². The molecule has 1 aromatic carbocycles. The van der Waals surface area contributed by atoms with Crippen LogP contribution in [-0.2, 0) is 0 Å². The van der Waals surface area contributed by atoms with Gasteiger partial charge >= 0.3 is 0 Å². The summed E-state index contributed by atoms with van der Waals surface area (Å²) in [5, 5.41) is 0. The molecule has 0 unspecified atom stereocenters. The SMILES string of the molecule is Cl.NC[C@@H](N)c1c(F)cccc1F. The highest BCUT2D eigenvalue weighted by molar-refractivity contribution is 5.85. The fourth-order valence-corrected chi connectivity index (χ4v) is 0.983. The Morgan fingerprint density at radius 1 is 1.23 bits per heavy atom. The summed E-state index contributed by atoms with van der Waals surface area (Å²) in [6.45, 7) is 0.0256. The maximum absolute atomic E-state index is 12.9. The van der Waals surface area contributed by atoms with Crippen LogP contribution < -0.4 is 11.5 Å². The van der Waals surface area contributed by atoms with Crippen LogP contribution in [0.5, 0.6) is 0 Å². The lowest BCUT2D eigenvalue weighted by Crippen LogP contribution is -2.23. The van der Waals surface area contributed by atoms with Crippen LogP contribution in [0.2, 0.25) is 0 Å². The molecule has 0 saturated heterocycles. The van der Waals surface area contributed by atoms with Crippen molar-refractivity contribution in [1.82, 2.24) is 0 Å². The molecule has 0 heterocycles. The van der Waals surface area contributed by atoms with Gasteiger partial charge in [0.25, 0.3) is 0 Å². The molecule has 0 spiro atoms. The molecule has 0 aliphatic carbocycles. The minimum Gasteiger partial charge on any atom is -0.329 e. The standard InChI is InChI=1S/C8H10F2N2.ClH/c9-5-2-1-3-6(10)8(5)7(12)4-11;/h1-3,7H,4,11-12H2;1H/t7-;/m1./s1. The Kier molecular flexibility index (Phi) is 4.83. The van der Waals surface area contributed by atoms with Crippen LogP contribution in [0.25, 0.3) is 0 Å². The Morgan fingerprint density at radius 3 is 2.08 bits per heavy atom. The van der Waals surface area contributed by atoms with Gasteiger partial charge in [-0.25, -0.2) is 8.78 Å². The molecule has 4 N–H and O–H groups in total. The second-order valence-electron chi connectivity index (χ2n) is 2.48. The lowest BCUT2D eigenvalue weighted by atomic mass is 10.1. The van der Waals surface area contributed by atoms with E-state index in [0.717, 1.165) is 12.1 Å². The fourth-order valence-electron chi connectivity index (χ4n) is 0.983. The first-order chi connectivity index (χ1) is 5.66. The smallest absolute Gasteiger partial charge is 0.130 e. The third kappa shape index (κ3) is 2.62. The molecule has 1 rings (SSSR count). The van der Waals surface area contributed by atoms with Gasteiger partial charge in [0.05, 0.1) is 0 Å². The Balaban J connectivity index is 0.00000144. The van der Waals surface area contributed by atoms with Crippen LogP contribution in [0.15, 0.2) is 18.2 Å². The van der Waals surface area contributed by atoms with Gasteiger partial charge in [-0.3, -0.25) is 0 Å². The van der Waals surface area contributed by atoms with Gasteiger partial charge in [0, 0.05) is 18.2 Å². The summed E-state index contributed by atoms with van der Waals surface area (Å²) >= 11 is 0. The molecule has 5 heteroatoms. The average Bonchev–Trinajstić information content (AvgIpc) is 2.03. The fraction of sp³-hybridized carbons (Fsp3) is 0.250. The zero-order valence-corrected chi connectivity index (χ0v) is 7.65. The Labute approximate surface area is 81.3 Å². The van der Waals surface area contributed by atoms with Gasteiger partial charge in [0.15, 0.2) is 0 Å². The molecule has 1 atom stereocenters. The van der Waals surface area contributed by atoms with Crippen molar-refractivity contribution in [3.8, 4) is 0 Å². The van der Waals surface area contributed by atoms with Crippen LogP contribution in [0.4, 0.5) is 8.78 Å². The van der Waals surface area contributed by atoms with E-state index in [-0.39, 0.29) is 24.5 Å². The summed E-state index contributed by atoms with van der Waals surface area (Å²) in [5.41, 5.74) is 10.4. The average molecular weight is 209 g/mol. The van der Waals surface area contributed by atoms with Crippen molar-refractivity contribution >= 4 is 12.4 Å². The summed E-state index contributed by atoms with van der Waals surface area (Å²) < 4.78 is 25.8. The van der Waals surface area contributed by atoms with Crippen molar-refractivity contribution in [2.45, 2.75) is 6.04 Å². The minimum absolute atomic E-state index is 0. The maximum Gasteiger partial charge on any atom is 0.130 e. The molecule has 0 saturated carbocycles. The number of benzene rings is 1. The number of hydrogen-bond donors (Lipinski definition) is 2. The lowest BCUT2D eigenvalue weighted by Gasteiger charge is -2.10. The van der Waals surface area contributed by atoms with Gasteiger partial charge in [-0.15, -0.1) is 12.4 Å². The zero-order chi connectivity index (χ0) is 9.14. The molecule has 0 fully saturated rings. The Bertz CT molecular complexity index is 261. The molecular formula is C8H11ClF2N2. The van der Waals surface area contributed by atoms with Crippen LogP contribution in [0.3, 0.4) is 0 Å². The second-order valence-corrected chi connectivity index (χ2v) is 2.48. The Morgan fingerprint density at radius 2 is 1.69 bits per heavy atom. The number of rotatable bonds is 2. The van der Waals surface area contributed by atoms with Crippen LogP contribution >= 0.6 is 12.4 Å². The van der Waals surface area contributed by atoms with Crippen LogP contribution in [-0.4, -0.2) is 6.54 Å². The third-order valence-corrected chi connectivity index (χ3v) is 1.62. The van der Waals surface area contributed by atoms with Gasteiger partial charge in [-0.2, -0.15) is 0 Å². The zero-order valence-electron chi connectivity index (χ0n) is 6.84. The van der Waals surface area contributed by atoms with E-state index in [1.54, 1.807) is 0 Å². The lowest BCUT2D eigenvalue weighted by molar-refractivity contribution is 0.528. The summed E-state index contributed by atoms with van der Waals surface area (Å²) in [5.74, 6) is -1.29. The summed E-state index contributed by atoms with van der Waals surface area (Å²) in [7, 11) is 0. The van der Waals surface area contributed by atoms with Crippen molar-refractivity contribution in [2.24, 2.45) is 11.5 Å².